The highest BCUT2D eigenvalue weighted by Crippen LogP contribution is 2.22. The van der Waals surface area contributed by atoms with Crippen LogP contribution in [0, 0.1) is 0 Å². The van der Waals surface area contributed by atoms with E-state index in [0.717, 1.165) is 39.0 Å². The van der Waals surface area contributed by atoms with Crippen LogP contribution < -0.4 is 5.32 Å². The summed E-state index contributed by atoms with van der Waals surface area (Å²) < 4.78 is 5.79. The van der Waals surface area contributed by atoms with Crippen molar-refractivity contribution in [1.82, 2.24) is 15.1 Å². The zero-order valence-corrected chi connectivity index (χ0v) is 13.4. The van der Waals surface area contributed by atoms with Gasteiger partial charge in [-0.1, -0.05) is 0 Å². The van der Waals surface area contributed by atoms with Crippen LogP contribution in [-0.2, 0) is 9.53 Å². The standard InChI is InChI=1S/C16H29N3O2/c1-12-9-18(10-13(2)21-12)11-15-4-3-7-19(15)16(20)8-17-14-5-6-14/h12-15,17H,3-11H2,1-2H3. The van der Waals surface area contributed by atoms with Gasteiger partial charge >= 0.3 is 0 Å². The van der Waals surface area contributed by atoms with Crippen LogP contribution in [0.25, 0.3) is 0 Å². The molecule has 0 aromatic rings. The maximum absolute atomic E-state index is 12.4. The number of likely N-dealkylation sites (tertiary alicyclic amines) is 1. The summed E-state index contributed by atoms with van der Waals surface area (Å²) in [5, 5.41) is 3.35. The van der Waals surface area contributed by atoms with Crippen LogP contribution in [-0.4, -0.2) is 72.7 Å². The third kappa shape index (κ3) is 4.18. The first-order chi connectivity index (χ1) is 10.1. The molecule has 0 aromatic heterocycles. The molecule has 2 aliphatic heterocycles. The molecule has 3 fully saturated rings. The zero-order valence-electron chi connectivity index (χ0n) is 13.4. The van der Waals surface area contributed by atoms with E-state index < -0.39 is 0 Å². The minimum Gasteiger partial charge on any atom is -0.373 e. The van der Waals surface area contributed by atoms with Gasteiger partial charge in [-0.2, -0.15) is 0 Å². The fraction of sp³-hybridized carbons (Fsp3) is 0.938. The Balaban J connectivity index is 1.49. The molecule has 2 heterocycles. The van der Waals surface area contributed by atoms with Crippen LogP contribution in [0.3, 0.4) is 0 Å². The Labute approximate surface area is 128 Å². The second-order valence-electron chi connectivity index (χ2n) is 7.01. The highest BCUT2D eigenvalue weighted by atomic mass is 16.5. The molecular formula is C16H29N3O2. The molecule has 1 saturated carbocycles. The first-order valence-electron chi connectivity index (χ1n) is 8.52. The van der Waals surface area contributed by atoms with Gasteiger partial charge in [0.05, 0.1) is 18.8 Å². The molecule has 1 N–H and O–H groups in total. The Bertz CT molecular complexity index is 363. The van der Waals surface area contributed by atoms with Gasteiger partial charge in [-0.15, -0.1) is 0 Å². The number of rotatable bonds is 5. The molecule has 0 radical (unpaired) electrons. The molecule has 3 unspecified atom stereocenters. The number of hydrogen-bond donors (Lipinski definition) is 1. The highest BCUT2D eigenvalue weighted by Gasteiger charge is 2.32. The maximum Gasteiger partial charge on any atom is 0.236 e. The van der Waals surface area contributed by atoms with E-state index in [1.54, 1.807) is 0 Å². The molecule has 5 nitrogen and oxygen atoms in total. The second-order valence-corrected chi connectivity index (χ2v) is 7.01. The van der Waals surface area contributed by atoms with Crippen molar-refractivity contribution < 1.29 is 9.53 Å². The van der Waals surface area contributed by atoms with Crippen LogP contribution in [0.15, 0.2) is 0 Å². The SMILES string of the molecule is CC1CN(CC2CCCN2C(=O)CNC2CC2)CC(C)O1. The monoisotopic (exact) mass is 295 g/mol. The Hall–Kier alpha value is -0.650. The van der Waals surface area contributed by atoms with E-state index >= 15 is 0 Å². The van der Waals surface area contributed by atoms with Gasteiger partial charge in [0.25, 0.3) is 0 Å². The van der Waals surface area contributed by atoms with E-state index in [9.17, 15) is 4.79 Å². The van der Waals surface area contributed by atoms with Gasteiger partial charge in [-0.25, -0.2) is 0 Å². The average Bonchev–Trinajstić information content (AvgIpc) is 3.13. The van der Waals surface area contributed by atoms with E-state index in [2.05, 4.69) is 29.0 Å². The van der Waals surface area contributed by atoms with Crippen molar-refractivity contribution in [2.75, 3.05) is 32.7 Å². The van der Waals surface area contributed by atoms with Gasteiger partial charge in [-0.3, -0.25) is 9.69 Å². The van der Waals surface area contributed by atoms with Gasteiger partial charge < -0.3 is 15.0 Å². The summed E-state index contributed by atoms with van der Waals surface area (Å²) in [5.74, 6) is 0.291. The fourth-order valence-electron chi connectivity index (χ4n) is 3.71. The highest BCUT2D eigenvalue weighted by molar-refractivity contribution is 5.79. The van der Waals surface area contributed by atoms with Crippen LogP contribution in [0.1, 0.15) is 39.5 Å². The minimum absolute atomic E-state index is 0.291. The smallest absolute Gasteiger partial charge is 0.236 e. The van der Waals surface area contributed by atoms with Gasteiger partial charge in [0.2, 0.25) is 5.91 Å². The summed E-state index contributed by atoms with van der Waals surface area (Å²) in [6.45, 7) is 8.72. The lowest BCUT2D eigenvalue weighted by Crippen LogP contribution is -2.51. The molecule has 1 amide bonds. The Kier molecular flexibility index (Phi) is 4.82. The summed E-state index contributed by atoms with van der Waals surface area (Å²) >= 11 is 0. The molecular weight excluding hydrogens is 266 g/mol. The molecule has 3 atom stereocenters. The first-order valence-corrected chi connectivity index (χ1v) is 8.52. The second kappa shape index (κ2) is 6.63. The van der Waals surface area contributed by atoms with Crippen LogP contribution in [0.2, 0.25) is 0 Å². The quantitative estimate of drug-likeness (QED) is 0.816. The van der Waals surface area contributed by atoms with Crippen molar-refractivity contribution in [3.05, 3.63) is 0 Å². The third-order valence-electron chi connectivity index (χ3n) is 4.78. The Morgan fingerprint density at radius 2 is 1.90 bits per heavy atom. The van der Waals surface area contributed by atoms with Gasteiger partial charge in [0.15, 0.2) is 0 Å². The number of hydrogen-bond acceptors (Lipinski definition) is 4. The number of nitrogens with zero attached hydrogens (tertiary/aromatic N) is 2. The van der Waals surface area contributed by atoms with Gasteiger partial charge in [-0.05, 0) is 39.5 Å². The van der Waals surface area contributed by atoms with E-state index in [1.807, 2.05) is 0 Å². The number of ether oxygens (including phenoxy) is 1. The Morgan fingerprint density at radius 1 is 1.19 bits per heavy atom. The van der Waals surface area contributed by atoms with E-state index in [1.165, 1.54) is 12.8 Å². The van der Waals surface area contributed by atoms with Crippen molar-refractivity contribution in [3.63, 3.8) is 0 Å². The van der Waals surface area contributed by atoms with Crippen molar-refractivity contribution in [2.24, 2.45) is 0 Å². The number of nitrogens with one attached hydrogen (secondary N) is 1. The van der Waals surface area contributed by atoms with Crippen LogP contribution in [0.4, 0.5) is 0 Å². The number of morpholine rings is 1. The number of carbonyl (C=O) groups is 1. The minimum atomic E-state index is 0.291. The fourth-order valence-corrected chi connectivity index (χ4v) is 3.71. The zero-order chi connectivity index (χ0) is 14.8. The third-order valence-corrected chi connectivity index (χ3v) is 4.78. The average molecular weight is 295 g/mol. The molecule has 2 saturated heterocycles. The largest absolute Gasteiger partial charge is 0.373 e. The van der Waals surface area contributed by atoms with Crippen molar-refractivity contribution in [1.29, 1.82) is 0 Å². The molecule has 5 heteroatoms. The first kappa shape index (κ1) is 15.3. The van der Waals surface area contributed by atoms with Crippen molar-refractivity contribution in [2.45, 2.75) is 63.8 Å². The summed E-state index contributed by atoms with van der Waals surface area (Å²) in [6.07, 6.45) is 5.37. The summed E-state index contributed by atoms with van der Waals surface area (Å²) in [7, 11) is 0. The molecule has 3 aliphatic rings. The summed E-state index contributed by atoms with van der Waals surface area (Å²) in [4.78, 5) is 17.0. The topological polar surface area (TPSA) is 44.8 Å². The number of carbonyl (C=O) groups excluding carboxylic acids is 1. The van der Waals surface area contributed by atoms with E-state index in [-0.39, 0.29) is 0 Å². The predicted octanol–water partition coefficient (Wildman–Crippen LogP) is 0.839. The lowest BCUT2D eigenvalue weighted by molar-refractivity contribution is -0.132. The van der Waals surface area contributed by atoms with Gasteiger partial charge in [0.1, 0.15) is 0 Å². The normalized spacial score (nSPS) is 34.4. The number of amides is 1. The molecule has 0 aromatic carbocycles. The predicted molar refractivity (Wildman–Crippen MR) is 82.2 cm³/mol. The van der Waals surface area contributed by atoms with Crippen molar-refractivity contribution >= 4 is 5.91 Å². The summed E-state index contributed by atoms with van der Waals surface area (Å²) in [5.41, 5.74) is 0. The Morgan fingerprint density at radius 3 is 2.57 bits per heavy atom. The molecule has 1 aliphatic carbocycles. The lowest BCUT2D eigenvalue weighted by Gasteiger charge is -2.38. The molecule has 3 rings (SSSR count). The van der Waals surface area contributed by atoms with Crippen LogP contribution >= 0.6 is 0 Å². The van der Waals surface area contributed by atoms with E-state index in [0.29, 0.717) is 36.7 Å². The van der Waals surface area contributed by atoms with Crippen molar-refractivity contribution in [3.8, 4) is 0 Å². The molecule has 21 heavy (non-hydrogen) atoms. The van der Waals surface area contributed by atoms with Gasteiger partial charge in [0, 0.05) is 38.3 Å². The summed E-state index contributed by atoms with van der Waals surface area (Å²) in [6, 6.07) is 1.01. The molecule has 0 spiro atoms. The van der Waals surface area contributed by atoms with E-state index in [4.69, 9.17) is 4.74 Å². The molecule has 120 valence electrons. The maximum atomic E-state index is 12.4. The lowest BCUT2D eigenvalue weighted by atomic mass is 10.1. The molecule has 0 bridgehead atoms. The van der Waals surface area contributed by atoms with Crippen LogP contribution in [0.5, 0.6) is 0 Å².